The second-order valence-corrected chi connectivity index (χ2v) is 4.58. The van der Waals surface area contributed by atoms with Gasteiger partial charge in [-0.1, -0.05) is 30.3 Å². The van der Waals surface area contributed by atoms with Crippen molar-refractivity contribution in [1.82, 2.24) is 0 Å². The van der Waals surface area contributed by atoms with E-state index in [1.165, 1.54) is 0 Å². The van der Waals surface area contributed by atoms with E-state index in [4.69, 9.17) is 17.3 Å². The van der Waals surface area contributed by atoms with E-state index in [9.17, 15) is 4.79 Å². The number of nitrogens with one attached hydrogen (secondary N) is 1. The second kappa shape index (κ2) is 5.27. The highest BCUT2D eigenvalue weighted by molar-refractivity contribution is 6.35. The Bertz CT molecular complexity index is 535. The van der Waals surface area contributed by atoms with Crippen LogP contribution in [0.2, 0.25) is 5.02 Å². The van der Waals surface area contributed by atoms with Crippen molar-refractivity contribution in [2.45, 2.75) is 19.3 Å². The minimum Gasteiger partial charge on any atom is -0.397 e. The van der Waals surface area contributed by atoms with Crippen molar-refractivity contribution in [2.75, 3.05) is 11.1 Å². The zero-order valence-corrected chi connectivity index (χ0v) is 10.8. The summed E-state index contributed by atoms with van der Waals surface area (Å²) in [5.74, 6) is 0.124. The number of hydrogen-bond acceptors (Lipinski definition) is 3. The normalized spacial score (nSPS) is 15.7. The molecule has 0 saturated heterocycles. The highest BCUT2D eigenvalue weighted by Crippen LogP contribution is 2.31. The molecule has 18 heavy (non-hydrogen) atoms. The third kappa shape index (κ3) is 2.41. The average molecular weight is 263 g/mol. The van der Waals surface area contributed by atoms with Crippen LogP contribution in [0.3, 0.4) is 0 Å². The molecule has 0 bridgehead atoms. The number of nitrogen functional groups attached to an aromatic ring is 1. The molecule has 0 radical (unpaired) electrons. The summed E-state index contributed by atoms with van der Waals surface area (Å²) in [6.45, 7) is 3.69. The molecule has 1 aliphatic rings. The molecule has 1 aliphatic carbocycles. The van der Waals surface area contributed by atoms with Gasteiger partial charge in [-0.2, -0.15) is 0 Å². The number of hydrogen-bond donors (Lipinski definition) is 2. The summed E-state index contributed by atoms with van der Waals surface area (Å²) in [6, 6.07) is 5.40. The van der Waals surface area contributed by atoms with Gasteiger partial charge in [-0.05, 0) is 25.0 Å². The Morgan fingerprint density at radius 1 is 1.39 bits per heavy atom. The fourth-order valence-corrected chi connectivity index (χ4v) is 2.21. The van der Waals surface area contributed by atoms with Crippen molar-refractivity contribution >= 4 is 28.8 Å². The number of halogens is 1. The monoisotopic (exact) mass is 262 g/mol. The lowest BCUT2D eigenvalue weighted by molar-refractivity contribution is -0.115. The van der Waals surface area contributed by atoms with Crippen LogP contribution in [0.15, 0.2) is 42.1 Å². The van der Waals surface area contributed by atoms with E-state index in [1.807, 2.05) is 12.1 Å². The lowest BCUT2D eigenvalue weighted by Gasteiger charge is -2.19. The van der Waals surface area contributed by atoms with Crippen LogP contribution < -0.4 is 11.1 Å². The van der Waals surface area contributed by atoms with E-state index in [1.54, 1.807) is 12.1 Å². The van der Waals surface area contributed by atoms with Gasteiger partial charge in [0.2, 0.25) is 0 Å². The Morgan fingerprint density at radius 3 is 2.89 bits per heavy atom. The largest absolute Gasteiger partial charge is 0.397 e. The van der Waals surface area contributed by atoms with Gasteiger partial charge < -0.3 is 11.1 Å². The van der Waals surface area contributed by atoms with Gasteiger partial charge >= 0.3 is 0 Å². The van der Waals surface area contributed by atoms with Crippen LogP contribution in [0.25, 0.3) is 0 Å². The first kappa shape index (κ1) is 12.7. The Hall–Kier alpha value is -1.74. The van der Waals surface area contributed by atoms with E-state index < -0.39 is 0 Å². The number of anilines is 2. The fraction of sp³-hybridized carbons (Fsp3) is 0.214. The number of carbonyl (C=O) groups excluding carboxylic acids is 1. The van der Waals surface area contributed by atoms with Gasteiger partial charge in [0.05, 0.1) is 16.4 Å². The summed E-state index contributed by atoms with van der Waals surface area (Å²) in [4.78, 5) is 11.8. The van der Waals surface area contributed by atoms with E-state index >= 15 is 0 Å². The predicted molar refractivity (Wildman–Crippen MR) is 75.6 cm³/mol. The summed E-state index contributed by atoms with van der Waals surface area (Å²) in [6.07, 6.45) is 3.85. The highest BCUT2D eigenvalue weighted by atomic mass is 35.5. The molecule has 3 N–H and O–H groups in total. The van der Waals surface area contributed by atoms with Gasteiger partial charge in [-0.3, -0.25) is 4.79 Å². The molecule has 0 amide bonds. The van der Waals surface area contributed by atoms with E-state index in [0.717, 1.165) is 24.2 Å². The van der Waals surface area contributed by atoms with Crippen molar-refractivity contribution < 1.29 is 4.79 Å². The molecule has 3 nitrogen and oxygen atoms in total. The molecule has 0 aliphatic heterocycles. The minimum atomic E-state index is 0.124. The molecule has 94 valence electrons. The first-order chi connectivity index (χ1) is 8.63. The summed E-state index contributed by atoms with van der Waals surface area (Å²) in [7, 11) is 0. The smallest absolute Gasteiger partial charge is 0.164 e. The number of carbonyl (C=O) groups is 1. The maximum atomic E-state index is 11.8. The SMILES string of the molecule is C=CC1=C(Nc2cccc(N)c2Cl)CCCC1=O. The van der Waals surface area contributed by atoms with E-state index in [-0.39, 0.29) is 5.78 Å². The third-order valence-corrected chi connectivity index (χ3v) is 3.40. The van der Waals surface area contributed by atoms with Gasteiger partial charge in [0, 0.05) is 17.7 Å². The van der Waals surface area contributed by atoms with E-state index in [2.05, 4.69) is 11.9 Å². The predicted octanol–water partition coefficient (Wildman–Crippen LogP) is 3.53. The van der Waals surface area contributed by atoms with Crippen LogP contribution in [0.5, 0.6) is 0 Å². The van der Waals surface area contributed by atoms with Crippen molar-refractivity contribution in [2.24, 2.45) is 0 Å². The molecule has 0 aromatic heterocycles. The zero-order chi connectivity index (χ0) is 13.1. The summed E-state index contributed by atoms with van der Waals surface area (Å²) in [5, 5.41) is 3.68. The van der Waals surface area contributed by atoms with Crippen LogP contribution in [-0.2, 0) is 4.79 Å². The van der Waals surface area contributed by atoms with Gasteiger partial charge in [0.1, 0.15) is 0 Å². The lowest BCUT2D eigenvalue weighted by Crippen LogP contribution is -2.15. The maximum absolute atomic E-state index is 11.8. The molecule has 0 saturated carbocycles. The van der Waals surface area contributed by atoms with Crippen LogP contribution in [0.1, 0.15) is 19.3 Å². The number of Topliss-reactive ketones (excluding diaryl/α,β-unsaturated/α-hetero) is 1. The van der Waals surface area contributed by atoms with Crippen molar-refractivity contribution in [1.29, 1.82) is 0 Å². The number of allylic oxidation sites excluding steroid dienone is 3. The molecule has 4 heteroatoms. The first-order valence-electron chi connectivity index (χ1n) is 5.83. The van der Waals surface area contributed by atoms with E-state index in [0.29, 0.717) is 22.7 Å². The maximum Gasteiger partial charge on any atom is 0.164 e. The van der Waals surface area contributed by atoms with Crippen molar-refractivity contribution in [3.63, 3.8) is 0 Å². The summed E-state index contributed by atoms with van der Waals surface area (Å²) >= 11 is 6.12. The zero-order valence-electron chi connectivity index (χ0n) is 10.0. The first-order valence-corrected chi connectivity index (χ1v) is 6.21. The molecular formula is C14H15ClN2O. The minimum absolute atomic E-state index is 0.124. The Kier molecular flexibility index (Phi) is 3.72. The lowest BCUT2D eigenvalue weighted by atomic mass is 9.95. The summed E-state index contributed by atoms with van der Waals surface area (Å²) in [5.41, 5.74) is 8.51. The van der Waals surface area contributed by atoms with Crippen molar-refractivity contribution in [3.8, 4) is 0 Å². The summed E-state index contributed by atoms with van der Waals surface area (Å²) < 4.78 is 0. The van der Waals surface area contributed by atoms with Gasteiger partial charge in [0.25, 0.3) is 0 Å². The van der Waals surface area contributed by atoms with Crippen LogP contribution in [0, 0.1) is 0 Å². The molecule has 0 unspecified atom stereocenters. The van der Waals surface area contributed by atoms with Gasteiger partial charge in [0.15, 0.2) is 5.78 Å². The quantitative estimate of drug-likeness (QED) is 0.820. The van der Waals surface area contributed by atoms with Crippen molar-refractivity contribution in [3.05, 3.63) is 47.1 Å². The Balaban J connectivity index is 2.35. The highest BCUT2D eigenvalue weighted by Gasteiger charge is 2.18. The van der Waals surface area contributed by atoms with Gasteiger partial charge in [-0.15, -0.1) is 0 Å². The van der Waals surface area contributed by atoms with Crippen LogP contribution in [0.4, 0.5) is 11.4 Å². The average Bonchev–Trinajstić information content (AvgIpc) is 2.35. The number of benzene rings is 1. The molecule has 0 heterocycles. The van der Waals surface area contributed by atoms with Crippen LogP contribution in [-0.4, -0.2) is 5.78 Å². The molecule has 1 aromatic rings. The third-order valence-electron chi connectivity index (χ3n) is 2.97. The standard InChI is InChI=1S/C14H15ClN2O/c1-2-9-11(6-4-8-13(9)18)17-12-7-3-5-10(16)14(12)15/h2-3,5,7,17H,1,4,6,8,16H2. The molecule has 0 fully saturated rings. The van der Waals surface area contributed by atoms with Gasteiger partial charge in [-0.25, -0.2) is 0 Å². The number of ketones is 1. The Labute approximate surface area is 111 Å². The molecular weight excluding hydrogens is 248 g/mol. The number of rotatable bonds is 3. The molecule has 0 atom stereocenters. The molecule has 2 rings (SSSR count). The van der Waals surface area contributed by atoms with Crippen LogP contribution >= 0.6 is 11.6 Å². The molecule has 1 aromatic carbocycles. The fourth-order valence-electron chi connectivity index (χ4n) is 2.04. The number of nitrogens with two attached hydrogens (primary N) is 1. The Morgan fingerprint density at radius 2 is 2.17 bits per heavy atom. The topological polar surface area (TPSA) is 55.1 Å². The molecule has 0 spiro atoms. The second-order valence-electron chi connectivity index (χ2n) is 4.21.